The molecule has 2 rings (SSSR count). The van der Waals surface area contributed by atoms with E-state index in [4.69, 9.17) is 4.74 Å². The van der Waals surface area contributed by atoms with Crippen LogP contribution in [0.25, 0.3) is 0 Å². The number of benzene rings is 1. The van der Waals surface area contributed by atoms with Gasteiger partial charge in [0.15, 0.2) is 0 Å². The Morgan fingerprint density at radius 2 is 2.08 bits per heavy atom. The maximum atomic E-state index is 5.37. The van der Waals surface area contributed by atoms with E-state index in [1.54, 1.807) is 0 Å². The number of fused-ring (bicyclic) bond motifs is 1. The molecular formula is C9H8Br2O. The lowest BCUT2D eigenvalue weighted by Gasteiger charge is -2.17. The molecule has 1 aliphatic heterocycles. The molecular weight excluding hydrogens is 284 g/mol. The van der Waals surface area contributed by atoms with Crippen molar-refractivity contribution in [3.05, 3.63) is 32.2 Å². The number of hydrogen-bond donors (Lipinski definition) is 0. The summed E-state index contributed by atoms with van der Waals surface area (Å²) in [5.41, 5.74) is 2.69. The highest BCUT2D eigenvalue weighted by molar-refractivity contribution is 9.11. The van der Waals surface area contributed by atoms with Crippen LogP contribution in [0.4, 0.5) is 0 Å². The number of hydrogen-bond acceptors (Lipinski definition) is 1. The minimum absolute atomic E-state index is 0.739. The normalized spacial score (nSPS) is 15.8. The van der Waals surface area contributed by atoms with E-state index in [0.29, 0.717) is 0 Å². The molecule has 0 radical (unpaired) electrons. The minimum atomic E-state index is 0.739. The topological polar surface area (TPSA) is 9.23 Å². The van der Waals surface area contributed by atoms with Gasteiger partial charge in [0.2, 0.25) is 0 Å². The van der Waals surface area contributed by atoms with Crippen LogP contribution in [0.5, 0.6) is 0 Å². The predicted octanol–water partition coefficient (Wildman–Crippen LogP) is 3.28. The highest BCUT2D eigenvalue weighted by Crippen LogP contribution is 2.29. The first kappa shape index (κ1) is 8.73. The Morgan fingerprint density at radius 1 is 1.25 bits per heavy atom. The van der Waals surface area contributed by atoms with Crippen molar-refractivity contribution in [2.45, 2.75) is 13.0 Å². The molecule has 0 aromatic heterocycles. The van der Waals surface area contributed by atoms with Crippen LogP contribution in [0.2, 0.25) is 0 Å². The molecule has 12 heavy (non-hydrogen) atoms. The summed E-state index contributed by atoms with van der Waals surface area (Å²) < 4.78 is 7.65. The zero-order valence-corrected chi connectivity index (χ0v) is 9.61. The molecule has 0 saturated carbocycles. The third kappa shape index (κ3) is 1.58. The fraction of sp³-hybridized carbons (Fsp3) is 0.333. The Kier molecular flexibility index (Phi) is 2.53. The molecule has 1 aromatic carbocycles. The van der Waals surface area contributed by atoms with Crippen molar-refractivity contribution in [3.8, 4) is 0 Å². The standard InChI is InChI=1S/C9H8Br2O/c10-7-3-6-1-2-12-5-8(6)9(11)4-7/h3-4H,1-2,5H2. The van der Waals surface area contributed by atoms with Crippen molar-refractivity contribution < 1.29 is 4.74 Å². The summed E-state index contributed by atoms with van der Waals surface area (Å²) in [5, 5.41) is 0. The number of halogens is 2. The molecule has 0 amide bonds. The predicted molar refractivity (Wildman–Crippen MR) is 55.2 cm³/mol. The second-order valence-corrected chi connectivity index (χ2v) is 4.60. The van der Waals surface area contributed by atoms with E-state index in [1.807, 2.05) is 0 Å². The summed E-state index contributed by atoms with van der Waals surface area (Å²) in [4.78, 5) is 0. The van der Waals surface area contributed by atoms with Crippen LogP contribution in [0.1, 0.15) is 11.1 Å². The lowest BCUT2D eigenvalue weighted by Crippen LogP contribution is -2.10. The Bertz CT molecular complexity index is 310. The molecule has 0 spiro atoms. The Morgan fingerprint density at radius 3 is 2.92 bits per heavy atom. The first-order valence-corrected chi connectivity index (χ1v) is 5.40. The van der Waals surface area contributed by atoms with Gasteiger partial charge in [-0.1, -0.05) is 31.9 Å². The molecule has 0 atom stereocenters. The van der Waals surface area contributed by atoms with Gasteiger partial charge in [-0.3, -0.25) is 0 Å². The van der Waals surface area contributed by atoms with Crippen molar-refractivity contribution in [3.63, 3.8) is 0 Å². The fourth-order valence-corrected chi connectivity index (χ4v) is 2.83. The summed E-state index contributed by atoms with van der Waals surface area (Å²) >= 11 is 6.99. The third-order valence-corrected chi connectivity index (χ3v) is 3.18. The molecule has 0 aliphatic carbocycles. The molecule has 0 unspecified atom stereocenters. The third-order valence-electron chi connectivity index (χ3n) is 2.01. The van der Waals surface area contributed by atoms with Crippen LogP contribution in [-0.4, -0.2) is 6.61 Å². The molecule has 64 valence electrons. The average Bonchev–Trinajstić information content (AvgIpc) is 2.04. The maximum absolute atomic E-state index is 5.37. The van der Waals surface area contributed by atoms with E-state index in [0.717, 1.165) is 28.6 Å². The molecule has 0 saturated heterocycles. The van der Waals surface area contributed by atoms with Gasteiger partial charge in [0.1, 0.15) is 0 Å². The molecule has 1 heterocycles. The summed E-state index contributed by atoms with van der Waals surface area (Å²) in [5.74, 6) is 0. The second kappa shape index (κ2) is 3.48. The van der Waals surface area contributed by atoms with E-state index in [2.05, 4.69) is 44.0 Å². The summed E-state index contributed by atoms with van der Waals surface area (Å²) in [7, 11) is 0. The first-order valence-electron chi connectivity index (χ1n) is 3.82. The van der Waals surface area contributed by atoms with Gasteiger partial charge in [0.05, 0.1) is 13.2 Å². The van der Waals surface area contributed by atoms with Gasteiger partial charge in [-0.25, -0.2) is 0 Å². The summed E-state index contributed by atoms with van der Waals surface area (Å²) in [6.07, 6.45) is 1.02. The van der Waals surface area contributed by atoms with Crippen LogP contribution in [0, 0.1) is 0 Å². The van der Waals surface area contributed by atoms with Crippen molar-refractivity contribution in [2.24, 2.45) is 0 Å². The van der Waals surface area contributed by atoms with Crippen LogP contribution in [0.3, 0.4) is 0 Å². The summed E-state index contributed by atoms with van der Waals surface area (Å²) in [6.45, 7) is 1.58. The van der Waals surface area contributed by atoms with Crippen molar-refractivity contribution >= 4 is 31.9 Å². The van der Waals surface area contributed by atoms with Gasteiger partial charge in [-0.2, -0.15) is 0 Å². The Hall–Kier alpha value is 0.140. The van der Waals surface area contributed by atoms with Gasteiger partial charge in [0.25, 0.3) is 0 Å². The zero-order valence-electron chi connectivity index (χ0n) is 6.44. The largest absolute Gasteiger partial charge is 0.376 e. The number of ether oxygens (including phenoxy) is 1. The quantitative estimate of drug-likeness (QED) is 0.713. The molecule has 0 bridgehead atoms. The highest BCUT2D eigenvalue weighted by atomic mass is 79.9. The van der Waals surface area contributed by atoms with Gasteiger partial charge >= 0.3 is 0 Å². The maximum Gasteiger partial charge on any atom is 0.0730 e. The van der Waals surface area contributed by atoms with Crippen LogP contribution in [-0.2, 0) is 17.8 Å². The fourth-order valence-electron chi connectivity index (χ4n) is 1.40. The van der Waals surface area contributed by atoms with E-state index >= 15 is 0 Å². The van der Waals surface area contributed by atoms with E-state index in [-0.39, 0.29) is 0 Å². The van der Waals surface area contributed by atoms with Crippen LogP contribution >= 0.6 is 31.9 Å². The average molecular weight is 292 g/mol. The second-order valence-electron chi connectivity index (χ2n) is 2.83. The molecule has 0 fully saturated rings. The van der Waals surface area contributed by atoms with Crippen LogP contribution in [0.15, 0.2) is 21.1 Å². The highest BCUT2D eigenvalue weighted by Gasteiger charge is 2.12. The minimum Gasteiger partial charge on any atom is -0.376 e. The SMILES string of the molecule is Brc1cc(Br)c2c(c1)CCOC2. The molecule has 1 nitrogen and oxygen atoms in total. The lowest BCUT2D eigenvalue weighted by molar-refractivity contribution is 0.110. The van der Waals surface area contributed by atoms with Gasteiger partial charge in [-0.05, 0) is 29.7 Å². The molecule has 1 aliphatic rings. The zero-order chi connectivity index (χ0) is 8.55. The molecule has 3 heteroatoms. The van der Waals surface area contributed by atoms with Gasteiger partial charge in [-0.15, -0.1) is 0 Å². The molecule has 1 aromatic rings. The Labute approximate surface area is 88.4 Å². The van der Waals surface area contributed by atoms with E-state index < -0.39 is 0 Å². The molecule has 0 N–H and O–H groups in total. The van der Waals surface area contributed by atoms with Crippen molar-refractivity contribution in [2.75, 3.05) is 6.61 Å². The summed E-state index contributed by atoms with van der Waals surface area (Å²) in [6, 6.07) is 4.23. The van der Waals surface area contributed by atoms with Gasteiger partial charge in [0, 0.05) is 8.95 Å². The smallest absolute Gasteiger partial charge is 0.0730 e. The van der Waals surface area contributed by atoms with Gasteiger partial charge < -0.3 is 4.74 Å². The lowest BCUT2D eigenvalue weighted by atomic mass is 10.0. The number of rotatable bonds is 0. The van der Waals surface area contributed by atoms with E-state index in [9.17, 15) is 0 Å². The van der Waals surface area contributed by atoms with Crippen molar-refractivity contribution in [1.82, 2.24) is 0 Å². The van der Waals surface area contributed by atoms with Crippen molar-refractivity contribution in [1.29, 1.82) is 0 Å². The first-order chi connectivity index (χ1) is 5.77. The Balaban J connectivity index is 2.53. The van der Waals surface area contributed by atoms with Crippen LogP contribution < -0.4 is 0 Å². The monoisotopic (exact) mass is 290 g/mol. The van der Waals surface area contributed by atoms with E-state index in [1.165, 1.54) is 11.1 Å².